The molecule has 190 valence electrons. The van der Waals surface area contributed by atoms with Crippen LogP contribution in [0.3, 0.4) is 0 Å². The third kappa shape index (κ3) is 7.10. The summed E-state index contributed by atoms with van der Waals surface area (Å²) in [4.78, 5) is 20.9. The van der Waals surface area contributed by atoms with Crippen molar-refractivity contribution >= 4 is 23.3 Å². The van der Waals surface area contributed by atoms with Gasteiger partial charge in [-0.15, -0.1) is 0 Å². The number of piperidine rings is 2. The van der Waals surface area contributed by atoms with Gasteiger partial charge in [-0.05, 0) is 62.7 Å². The molecular weight excluding hydrogens is 477 g/mol. The fourth-order valence-corrected chi connectivity index (χ4v) is 5.28. The molecule has 1 aromatic heterocycles. The van der Waals surface area contributed by atoms with Crippen LogP contribution in [0.5, 0.6) is 0 Å². The maximum absolute atomic E-state index is 12.8. The number of nitrogens with one attached hydrogen (secondary N) is 1. The monoisotopic (exact) mass is 508 g/mol. The van der Waals surface area contributed by atoms with Gasteiger partial charge in [0.25, 0.3) is 0 Å². The van der Waals surface area contributed by atoms with E-state index in [1.54, 1.807) is 0 Å². The number of amides is 1. The molecule has 1 aromatic carbocycles. The van der Waals surface area contributed by atoms with Gasteiger partial charge in [0, 0.05) is 38.3 Å². The fraction of sp³-hybridized carbons (Fsp3) is 0.538. The molecule has 2 saturated heterocycles. The van der Waals surface area contributed by atoms with Gasteiger partial charge in [-0.25, -0.2) is 4.98 Å². The lowest BCUT2D eigenvalue weighted by atomic mass is 9.92. The lowest BCUT2D eigenvalue weighted by Crippen LogP contribution is -2.41. The molecule has 35 heavy (non-hydrogen) atoms. The molecule has 0 saturated carbocycles. The van der Waals surface area contributed by atoms with Crippen LogP contribution in [-0.4, -0.2) is 48.5 Å². The number of hydrogen-bond donors (Lipinski definition) is 1. The molecule has 0 atom stereocenters. The number of alkyl halides is 3. The number of rotatable bonds is 7. The molecule has 4 rings (SSSR count). The summed E-state index contributed by atoms with van der Waals surface area (Å²) in [5, 5.41) is 3.09. The van der Waals surface area contributed by atoms with E-state index in [1.165, 1.54) is 5.56 Å². The van der Waals surface area contributed by atoms with Crippen LogP contribution in [0.15, 0.2) is 42.6 Å². The van der Waals surface area contributed by atoms with Gasteiger partial charge in [-0.1, -0.05) is 41.9 Å². The van der Waals surface area contributed by atoms with Crippen molar-refractivity contribution in [2.24, 2.45) is 11.8 Å². The zero-order chi connectivity index (χ0) is 24.8. The smallest absolute Gasteiger partial charge is 0.356 e. The van der Waals surface area contributed by atoms with Crippen molar-refractivity contribution in [3.63, 3.8) is 0 Å². The normalized spacial score (nSPS) is 18.6. The Hall–Kier alpha value is -2.32. The standard InChI is InChI=1S/C26H32ClF3N4O/c27-23-16-22(26(28,29)30)17-32-24(23)34-14-9-21(10-15-34)25(35)31-11-6-19-7-12-33(13-8-19)18-20-4-2-1-3-5-20/h1-5,16-17,19,21H,6-15,18H2,(H,31,35). The molecule has 0 aliphatic carbocycles. The Morgan fingerprint density at radius 3 is 2.37 bits per heavy atom. The molecule has 3 heterocycles. The number of pyridine rings is 1. The topological polar surface area (TPSA) is 48.5 Å². The summed E-state index contributed by atoms with van der Waals surface area (Å²) in [6.45, 7) is 4.94. The zero-order valence-electron chi connectivity index (χ0n) is 19.7. The third-order valence-electron chi connectivity index (χ3n) is 7.12. The van der Waals surface area contributed by atoms with Gasteiger partial charge >= 0.3 is 6.18 Å². The van der Waals surface area contributed by atoms with Gasteiger partial charge in [0.1, 0.15) is 5.82 Å². The lowest BCUT2D eigenvalue weighted by molar-refractivity contribution is -0.137. The second-order valence-corrected chi connectivity index (χ2v) is 9.98. The van der Waals surface area contributed by atoms with E-state index in [0.717, 1.165) is 51.2 Å². The first-order valence-electron chi connectivity index (χ1n) is 12.3. The van der Waals surface area contributed by atoms with Gasteiger partial charge in [-0.2, -0.15) is 13.2 Å². The van der Waals surface area contributed by atoms with E-state index in [1.807, 2.05) is 11.0 Å². The van der Waals surface area contributed by atoms with Crippen LogP contribution < -0.4 is 10.2 Å². The largest absolute Gasteiger partial charge is 0.417 e. The highest BCUT2D eigenvalue weighted by Gasteiger charge is 2.33. The Morgan fingerprint density at radius 2 is 1.74 bits per heavy atom. The summed E-state index contributed by atoms with van der Waals surface area (Å²) in [6.07, 6.45) is 0.899. The average Bonchev–Trinajstić information content (AvgIpc) is 2.85. The molecule has 1 amide bonds. The highest BCUT2D eigenvalue weighted by atomic mass is 35.5. The second kappa shape index (κ2) is 11.6. The van der Waals surface area contributed by atoms with Crippen LogP contribution in [0.1, 0.15) is 43.2 Å². The first kappa shape index (κ1) is 25.8. The van der Waals surface area contributed by atoms with E-state index in [0.29, 0.717) is 44.2 Å². The average molecular weight is 509 g/mol. The minimum absolute atomic E-state index is 0.0162. The highest BCUT2D eigenvalue weighted by molar-refractivity contribution is 6.33. The predicted molar refractivity (Wildman–Crippen MR) is 131 cm³/mol. The minimum atomic E-state index is -4.47. The van der Waals surface area contributed by atoms with Crippen molar-refractivity contribution in [1.29, 1.82) is 0 Å². The number of benzene rings is 1. The second-order valence-electron chi connectivity index (χ2n) is 9.57. The van der Waals surface area contributed by atoms with Gasteiger partial charge in [0.05, 0.1) is 10.6 Å². The predicted octanol–water partition coefficient (Wildman–Crippen LogP) is 5.39. The van der Waals surface area contributed by atoms with Gasteiger partial charge in [0.15, 0.2) is 0 Å². The van der Waals surface area contributed by atoms with Crippen LogP contribution in [0, 0.1) is 11.8 Å². The highest BCUT2D eigenvalue weighted by Crippen LogP contribution is 2.34. The van der Waals surface area contributed by atoms with E-state index in [4.69, 9.17) is 11.6 Å². The zero-order valence-corrected chi connectivity index (χ0v) is 20.5. The van der Waals surface area contributed by atoms with Crippen molar-refractivity contribution in [3.05, 3.63) is 58.7 Å². The van der Waals surface area contributed by atoms with Crippen molar-refractivity contribution in [3.8, 4) is 0 Å². The molecule has 5 nitrogen and oxygen atoms in total. The first-order chi connectivity index (χ1) is 16.8. The molecule has 2 aliphatic rings. The SMILES string of the molecule is O=C(NCCC1CCN(Cc2ccccc2)CC1)C1CCN(c2ncc(C(F)(F)F)cc2Cl)CC1. The van der Waals surface area contributed by atoms with E-state index in [9.17, 15) is 18.0 Å². The molecule has 0 spiro atoms. The summed E-state index contributed by atoms with van der Waals surface area (Å²) < 4.78 is 38.5. The van der Waals surface area contributed by atoms with Crippen LogP contribution in [0.2, 0.25) is 5.02 Å². The van der Waals surface area contributed by atoms with Crippen LogP contribution in [0.25, 0.3) is 0 Å². The summed E-state index contributed by atoms with van der Waals surface area (Å²) in [5.41, 5.74) is 0.489. The van der Waals surface area contributed by atoms with E-state index < -0.39 is 11.7 Å². The summed E-state index contributed by atoms with van der Waals surface area (Å²) in [6, 6.07) is 11.4. The molecular formula is C26H32ClF3N4O. The Bertz CT molecular complexity index is 972. The van der Waals surface area contributed by atoms with Gasteiger partial charge in [-0.3, -0.25) is 9.69 Å². The Morgan fingerprint density at radius 1 is 1.06 bits per heavy atom. The first-order valence-corrected chi connectivity index (χ1v) is 12.7. The van der Waals surface area contributed by atoms with Crippen LogP contribution >= 0.6 is 11.6 Å². The summed E-state index contributed by atoms with van der Waals surface area (Å²) in [7, 11) is 0. The lowest BCUT2D eigenvalue weighted by Gasteiger charge is -2.33. The van der Waals surface area contributed by atoms with Crippen molar-refractivity contribution in [2.45, 2.75) is 44.8 Å². The molecule has 0 bridgehead atoms. The number of carbonyl (C=O) groups excluding carboxylic acids is 1. The number of likely N-dealkylation sites (tertiary alicyclic amines) is 1. The number of aromatic nitrogens is 1. The van der Waals surface area contributed by atoms with Crippen molar-refractivity contribution in [1.82, 2.24) is 15.2 Å². The molecule has 0 radical (unpaired) electrons. The molecule has 2 aliphatic heterocycles. The van der Waals surface area contributed by atoms with Gasteiger partial charge < -0.3 is 10.2 Å². The van der Waals surface area contributed by atoms with E-state index in [2.05, 4.69) is 39.5 Å². The van der Waals surface area contributed by atoms with Crippen LogP contribution in [-0.2, 0) is 17.5 Å². The fourth-order valence-electron chi connectivity index (χ4n) is 4.99. The molecule has 0 unspecified atom stereocenters. The molecule has 1 N–H and O–H groups in total. The molecule has 2 aromatic rings. The maximum Gasteiger partial charge on any atom is 0.417 e. The number of halogens is 4. The number of anilines is 1. The molecule has 2 fully saturated rings. The summed E-state index contributed by atoms with van der Waals surface area (Å²) >= 11 is 6.07. The van der Waals surface area contributed by atoms with Crippen molar-refractivity contribution in [2.75, 3.05) is 37.6 Å². The minimum Gasteiger partial charge on any atom is -0.356 e. The Labute approximate surface area is 209 Å². The van der Waals surface area contributed by atoms with E-state index in [-0.39, 0.29) is 16.8 Å². The number of carbonyl (C=O) groups is 1. The van der Waals surface area contributed by atoms with Crippen LogP contribution in [0.4, 0.5) is 19.0 Å². The third-order valence-corrected chi connectivity index (χ3v) is 7.40. The number of hydrogen-bond acceptors (Lipinski definition) is 4. The maximum atomic E-state index is 12.8. The number of nitrogens with zero attached hydrogens (tertiary/aromatic N) is 3. The van der Waals surface area contributed by atoms with Crippen molar-refractivity contribution < 1.29 is 18.0 Å². The Kier molecular flexibility index (Phi) is 8.55. The summed E-state index contributed by atoms with van der Waals surface area (Å²) in [5.74, 6) is 0.957. The van der Waals surface area contributed by atoms with Gasteiger partial charge in [0.2, 0.25) is 5.91 Å². The quantitative estimate of drug-likeness (QED) is 0.545. The molecule has 9 heteroatoms. The van der Waals surface area contributed by atoms with E-state index >= 15 is 0 Å². The Balaban J connectivity index is 1.15.